The Kier molecular flexibility index (Phi) is 6.56. The van der Waals surface area contributed by atoms with Crippen LogP contribution in [0.1, 0.15) is 41.9 Å². The van der Waals surface area contributed by atoms with Gasteiger partial charge in [-0.15, -0.1) is 0 Å². The molecule has 0 spiro atoms. The molecule has 0 saturated heterocycles. The maximum Gasteiger partial charge on any atom is 0.321 e. The Labute approximate surface area is 212 Å². The number of benzene rings is 2. The second-order valence-electron chi connectivity index (χ2n) is 8.61. The van der Waals surface area contributed by atoms with Gasteiger partial charge in [0.05, 0.1) is 40.2 Å². The number of aromatic nitrogens is 6. The van der Waals surface area contributed by atoms with Crippen LogP contribution in [0.4, 0.5) is 10.3 Å². The van der Waals surface area contributed by atoms with Crippen LogP contribution in [0.15, 0.2) is 54.9 Å². The first-order valence-corrected chi connectivity index (χ1v) is 11.9. The second-order valence-corrected chi connectivity index (χ2v) is 9.05. The van der Waals surface area contributed by atoms with Crippen LogP contribution < -0.4 is 10.1 Å². The van der Waals surface area contributed by atoms with Crippen LogP contribution in [0.2, 0.25) is 5.02 Å². The summed E-state index contributed by atoms with van der Waals surface area (Å²) in [7, 11) is 1.95. The molecule has 3 heterocycles. The molecule has 10 heteroatoms. The molecule has 1 unspecified atom stereocenters. The molecule has 0 amide bonds. The van der Waals surface area contributed by atoms with Gasteiger partial charge in [-0.05, 0) is 43.2 Å². The molecule has 0 saturated carbocycles. The van der Waals surface area contributed by atoms with Gasteiger partial charge >= 0.3 is 6.01 Å². The van der Waals surface area contributed by atoms with Crippen LogP contribution in [0.3, 0.4) is 0 Å². The molecule has 0 bridgehead atoms. The molecular formula is C26H25ClFN7O. The number of halogens is 2. The minimum Gasteiger partial charge on any atom is -0.424 e. The Balaban J connectivity index is 1.35. The molecule has 8 nitrogen and oxygen atoms in total. The summed E-state index contributed by atoms with van der Waals surface area (Å²) in [6, 6.07) is 12.8. The Bertz CT molecular complexity index is 1510. The third-order valence-electron chi connectivity index (χ3n) is 5.95. The Morgan fingerprint density at radius 2 is 1.94 bits per heavy atom. The zero-order valence-electron chi connectivity index (χ0n) is 20.1. The average molecular weight is 506 g/mol. The van der Waals surface area contributed by atoms with E-state index < -0.39 is 5.82 Å². The predicted molar refractivity (Wildman–Crippen MR) is 137 cm³/mol. The number of aryl methyl sites for hydroxylation is 2. The third-order valence-corrected chi connectivity index (χ3v) is 6.15. The molecule has 2 aromatic carbocycles. The first-order chi connectivity index (χ1) is 17.4. The highest BCUT2D eigenvalue weighted by molar-refractivity contribution is 6.30. The van der Waals surface area contributed by atoms with Crippen molar-refractivity contribution in [2.24, 2.45) is 7.05 Å². The summed E-state index contributed by atoms with van der Waals surface area (Å²) in [5.74, 6) is 0.575. The fourth-order valence-electron chi connectivity index (χ4n) is 4.12. The second kappa shape index (κ2) is 9.94. The van der Waals surface area contributed by atoms with Crippen molar-refractivity contribution in [2.75, 3.05) is 5.32 Å². The van der Waals surface area contributed by atoms with Crippen LogP contribution in [0.25, 0.3) is 11.0 Å². The smallest absolute Gasteiger partial charge is 0.321 e. The Hall–Kier alpha value is -3.98. The average Bonchev–Trinajstić information content (AvgIpc) is 3.41. The van der Waals surface area contributed by atoms with E-state index in [9.17, 15) is 0 Å². The SMILES string of the molecule is CCC(Nc1nc2ccc(Cc3cc(C)[nH]n3)cc2n1C)c1ccc(Oc2ncc(Cl)cn2)cc1F. The highest BCUT2D eigenvalue weighted by Crippen LogP contribution is 2.30. The monoisotopic (exact) mass is 505 g/mol. The van der Waals surface area contributed by atoms with Crippen LogP contribution in [-0.4, -0.2) is 29.7 Å². The van der Waals surface area contributed by atoms with Crippen molar-refractivity contribution in [3.8, 4) is 11.8 Å². The summed E-state index contributed by atoms with van der Waals surface area (Å²) in [6.07, 6.45) is 4.23. The summed E-state index contributed by atoms with van der Waals surface area (Å²) in [4.78, 5) is 12.7. The van der Waals surface area contributed by atoms with Crippen molar-refractivity contribution in [1.29, 1.82) is 0 Å². The van der Waals surface area contributed by atoms with E-state index in [1.807, 2.05) is 37.6 Å². The van der Waals surface area contributed by atoms with Gasteiger partial charge < -0.3 is 14.6 Å². The standard InChI is InChI=1S/C26H25ClFN7O/c1-4-22(20-7-6-19(12-21(20)28)36-26-29-13-17(27)14-30-26)31-25-32-23-8-5-16(11-24(23)35(25)3)10-18-9-15(2)33-34-18/h5-9,11-14,22H,4,10H2,1-3H3,(H,31,32)(H,33,34). The molecule has 3 aromatic heterocycles. The minimum atomic E-state index is -0.392. The number of nitrogens with zero attached hydrogens (tertiary/aromatic N) is 5. The molecule has 5 rings (SSSR count). The van der Waals surface area contributed by atoms with Gasteiger partial charge in [0.2, 0.25) is 5.95 Å². The molecule has 36 heavy (non-hydrogen) atoms. The summed E-state index contributed by atoms with van der Waals surface area (Å²) in [5.41, 5.74) is 5.54. The van der Waals surface area contributed by atoms with E-state index in [2.05, 4.69) is 37.6 Å². The normalized spacial score (nSPS) is 12.1. The van der Waals surface area contributed by atoms with E-state index in [1.54, 1.807) is 12.1 Å². The molecule has 1 atom stereocenters. The summed E-state index contributed by atoms with van der Waals surface area (Å²) in [5, 5.41) is 11.1. The minimum absolute atomic E-state index is 0.0956. The van der Waals surface area contributed by atoms with Crippen molar-refractivity contribution in [3.05, 3.63) is 88.2 Å². The quantitative estimate of drug-likeness (QED) is 0.263. The summed E-state index contributed by atoms with van der Waals surface area (Å²) >= 11 is 5.80. The molecule has 184 valence electrons. The Morgan fingerprint density at radius 1 is 1.14 bits per heavy atom. The van der Waals surface area contributed by atoms with E-state index in [0.717, 1.165) is 34.4 Å². The van der Waals surface area contributed by atoms with Crippen LogP contribution in [0, 0.1) is 12.7 Å². The summed E-state index contributed by atoms with van der Waals surface area (Å²) in [6.45, 7) is 3.98. The number of aromatic amines is 1. The Morgan fingerprint density at radius 3 is 2.64 bits per heavy atom. The van der Waals surface area contributed by atoms with Crippen molar-refractivity contribution in [3.63, 3.8) is 0 Å². The highest BCUT2D eigenvalue weighted by Gasteiger charge is 2.18. The van der Waals surface area contributed by atoms with Crippen molar-refractivity contribution in [2.45, 2.75) is 32.7 Å². The van der Waals surface area contributed by atoms with Crippen molar-refractivity contribution >= 4 is 28.6 Å². The lowest BCUT2D eigenvalue weighted by Crippen LogP contribution is -2.14. The lowest BCUT2D eigenvalue weighted by molar-refractivity contribution is 0.436. The number of hydrogen-bond acceptors (Lipinski definition) is 6. The van der Waals surface area contributed by atoms with Gasteiger partial charge in [-0.2, -0.15) is 5.10 Å². The molecule has 0 fully saturated rings. The first-order valence-electron chi connectivity index (χ1n) is 11.6. The molecule has 0 aliphatic heterocycles. The maximum absolute atomic E-state index is 15.1. The highest BCUT2D eigenvalue weighted by atomic mass is 35.5. The van der Waals surface area contributed by atoms with Gasteiger partial charge in [0.1, 0.15) is 11.6 Å². The van der Waals surface area contributed by atoms with E-state index >= 15 is 4.39 Å². The maximum atomic E-state index is 15.1. The van der Waals surface area contributed by atoms with Crippen LogP contribution in [0.5, 0.6) is 11.8 Å². The van der Waals surface area contributed by atoms with E-state index in [-0.39, 0.29) is 12.1 Å². The number of ether oxygens (including phenoxy) is 1. The topological polar surface area (TPSA) is 93.5 Å². The van der Waals surface area contributed by atoms with Gasteiger partial charge in [-0.25, -0.2) is 19.3 Å². The van der Waals surface area contributed by atoms with Crippen LogP contribution in [-0.2, 0) is 13.5 Å². The van der Waals surface area contributed by atoms with Gasteiger partial charge in [0, 0.05) is 30.8 Å². The lowest BCUT2D eigenvalue weighted by atomic mass is 10.0. The van der Waals surface area contributed by atoms with Gasteiger partial charge in [0.15, 0.2) is 0 Å². The number of anilines is 1. The van der Waals surface area contributed by atoms with Crippen molar-refractivity contribution < 1.29 is 9.13 Å². The number of rotatable bonds is 8. The van der Waals surface area contributed by atoms with Crippen molar-refractivity contribution in [1.82, 2.24) is 29.7 Å². The molecule has 5 aromatic rings. The van der Waals surface area contributed by atoms with E-state index in [1.165, 1.54) is 18.5 Å². The van der Waals surface area contributed by atoms with E-state index in [4.69, 9.17) is 21.3 Å². The first kappa shape index (κ1) is 23.7. The molecule has 0 aliphatic rings. The molecule has 0 aliphatic carbocycles. The molecular weight excluding hydrogens is 481 g/mol. The fourth-order valence-corrected chi connectivity index (χ4v) is 4.21. The molecule has 2 N–H and O–H groups in total. The predicted octanol–water partition coefficient (Wildman–Crippen LogP) is 6.13. The number of nitrogens with one attached hydrogen (secondary N) is 2. The zero-order valence-corrected chi connectivity index (χ0v) is 20.8. The number of imidazole rings is 1. The van der Waals surface area contributed by atoms with E-state index in [0.29, 0.717) is 28.7 Å². The number of hydrogen-bond donors (Lipinski definition) is 2. The third kappa shape index (κ3) is 5.01. The largest absolute Gasteiger partial charge is 0.424 e. The number of H-pyrrole nitrogens is 1. The van der Waals surface area contributed by atoms with Crippen LogP contribution >= 0.6 is 11.6 Å². The van der Waals surface area contributed by atoms with Gasteiger partial charge in [-0.1, -0.05) is 30.7 Å². The summed E-state index contributed by atoms with van der Waals surface area (Å²) < 4.78 is 22.6. The fraction of sp³-hybridized carbons (Fsp3) is 0.231. The van der Waals surface area contributed by atoms with Gasteiger partial charge in [0.25, 0.3) is 0 Å². The van der Waals surface area contributed by atoms with Gasteiger partial charge in [-0.3, -0.25) is 5.10 Å². The zero-order chi connectivity index (χ0) is 25.2. The lowest BCUT2D eigenvalue weighted by Gasteiger charge is -2.19. The number of fused-ring (bicyclic) bond motifs is 1. The molecule has 0 radical (unpaired) electrons.